The van der Waals surface area contributed by atoms with Crippen molar-refractivity contribution in [1.82, 2.24) is 0 Å². The Hall–Kier alpha value is -1.70. The maximum absolute atomic E-state index is 5.66. The Kier molecular flexibility index (Phi) is 3.23. The van der Waals surface area contributed by atoms with E-state index in [0.29, 0.717) is 6.61 Å². The summed E-state index contributed by atoms with van der Waals surface area (Å²) in [6, 6.07) is 10.2. The zero-order valence-electron chi connectivity index (χ0n) is 10.6. The molecule has 0 unspecified atom stereocenters. The lowest BCUT2D eigenvalue weighted by Gasteiger charge is -2.19. The normalized spacial score (nSPS) is 11.5. The Bertz CT molecular complexity index is 447. The predicted molar refractivity (Wildman–Crippen MR) is 68.2 cm³/mol. The Morgan fingerprint density at radius 2 is 1.76 bits per heavy atom. The monoisotopic (exact) mass is 230 g/mol. The van der Waals surface area contributed by atoms with Gasteiger partial charge in [0.05, 0.1) is 12.5 Å². The Morgan fingerprint density at radius 1 is 1.06 bits per heavy atom. The molecular formula is C15H18O2. The lowest BCUT2D eigenvalue weighted by atomic mass is 9.87. The number of hydrogen-bond donors (Lipinski definition) is 0. The smallest absolute Gasteiger partial charge is 0.119 e. The van der Waals surface area contributed by atoms with Crippen LogP contribution in [0.25, 0.3) is 0 Å². The second kappa shape index (κ2) is 4.66. The summed E-state index contributed by atoms with van der Waals surface area (Å²) in [5.41, 5.74) is 2.54. The first-order valence-corrected chi connectivity index (χ1v) is 5.80. The molecule has 0 aliphatic heterocycles. The van der Waals surface area contributed by atoms with E-state index in [4.69, 9.17) is 9.15 Å². The van der Waals surface area contributed by atoms with Crippen LogP contribution in [0.1, 0.15) is 31.9 Å². The fraction of sp³-hybridized carbons (Fsp3) is 0.333. The molecule has 2 nitrogen and oxygen atoms in total. The molecule has 0 saturated carbocycles. The molecule has 0 fully saturated rings. The Balaban J connectivity index is 1.99. The summed E-state index contributed by atoms with van der Waals surface area (Å²) in [4.78, 5) is 0. The fourth-order valence-corrected chi connectivity index (χ4v) is 1.59. The summed E-state index contributed by atoms with van der Waals surface area (Å²) >= 11 is 0. The predicted octanol–water partition coefficient (Wildman–Crippen LogP) is 4.16. The average Bonchev–Trinajstić information content (AvgIpc) is 2.78. The maximum atomic E-state index is 5.66. The number of rotatable bonds is 3. The average molecular weight is 230 g/mol. The van der Waals surface area contributed by atoms with Crippen LogP contribution in [0.4, 0.5) is 0 Å². The number of furan rings is 1. The second-order valence-electron chi connectivity index (χ2n) is 5.19. The van der Waals surface area contributed by atoms with Crippen LogP contribution < -0.4 is 4.74 Å². The van der Waals surface area contributed by atoms with Crippen LogP contribution in [0.15, 0.2) is 47.3 Å². The van der Waals surface area contributed by atoms with Gasteiger partial charge in [0.25, 0.3) is 0 Å². The third-order valence-electron chi connectivity index (χ3n) is 2.71. The quantitative estimate of drug-likeness (QED) is 0.790. The van der Waals surface area contributed by atoms with Crippen LogP contribution in [0.5, 0.6) is 5.75 Å². The van der Waals surface area contributed by atoms with Gasteiger partial charge in [0.15, 0.2) is 0 Å². The maximum Gasteiger partial charge on any atom is 0.119 e. The molecule has 0 atom stereocenters. The molecule has 90 valence electrons. The molecule has 1 heterocycles. The van der Waals surface area contributed by atoms with Gasteiger partial charge in [0.1, 0.15) is 12.4 Å². The van der Waals surface area contributed by atoms with Crippen molar-refractivity contribution in [2.24, 2.45) is 0 Å². The summed E-state index contributed by atoms with van der Waals surface area (Å²) < 4.78 is 10.6. The van der Waals surface area contributed by atoms with E-state index in [1.165, 1.54) is 5.56 Å². The molecule has 0 aliphatic carbocycles. The standard InChI is InChI=1S/C15H18O2/c1-15(2,3)13-4-6-14(7-5-13)17-11-12-8-9-16-10-12/h4-10H,11H2,1-3H3. The van der Waals surface area contributed by atoms with E-state index in [9.17, 15) is 0 Å². The van der Waals surface area contributed by atoms with E-state index in [-0.39, 0.29) is 5.41 Å². The molecular weight excluding hydrogens is 212 g/mol. The van der Waals surface area contributed by atoms with Crippen molar-refractivity contribution in [3.8, 4) is 5.75 Å². The van der Waals surface area contributed by atoms with Gasteiger partial charge in [-0.15, -0.1) is 0 Å². The Morgan fingerprint density at radius 3 is 2.29 bits per heavy atom. The van der Waals surface area contributed by atoms with Gasteiger partial charge in [-0.25, -0.2) is 0 Å². The highest BCUT2D eigenvalue weighted by Crippen LogP contribution is 2.24. The van der Waals surface area contributed by atoms with Crippen molar-refractivity contribution in [1.29, 1.82) is 0 Å². The van der Waals surface area contributed by atoms with Gasteiger partial charge < -0.3 is 9.15 Å². The minimum absolute atomic E-state index is 0.184. The van der Waals surface area contributed by atoms with Gasteiger partial charge in [0.2, 0.25) is 0 Å². The molecule has 2 aromatic rings. The number of benzene rings is 1. The minimum Gasteiger partial charge on any atom is -0.489 e. The molecule has 17 heavy (non-hydrogen) atoms. The van der Waals surface area contributed by atoms with Crippen LogP contribution >= 0.6 is 0 Å². The largest absolute Gasteiger partial charge is 0.489 e. The van der Waals surface area contributed by atoms with Gasteiger partial charge in [-0.2, -0.15) is 0 Å². The lowest BCUT2D eigenvalue weighted by Crippen LogP contribution is -2.10. The van der Waals surface area contributed by atoms with E-state index in [2.05, 4.69) is 32.9 Å². The SMILES string of the molecule is CC(C)(C)c1ccc(OCc2ccoc2)cc1. The molecule has 0 amide bonds. The zero-order chi connectivity index (χ0) is 12.3. The molecule has 0 bridgehead atoms. The highest BCUT2D eigenvalue weighted by molar-refractivity contribution is 5.31. The van der Waals surface area contributed by atoms with Crippen LogP contribution in [-0.2, 0) is 12.0 Å². The van der Waals surface area contributed by atoms with Gasteiger partial charge in [-0.05, 0) is 29.2 Å². The van der Waals surface area contributed by atoms with Gasteiger partial charge in [0, 0.05) is 5.56 Å². The number of ether oxygens (including phenoxy) is 1. The van der Waals surface area contributed by atoms with E-state index < -0.39 is 0 Å². The van der Waals surface area contributed by atoms with Crippen LogP contribution in [0, 0.1) is 0 Å². The molecule has 0 aliphatic rings. The van der Waals surface area contributed by atoms with Gasteiger partial charge >= 0.3 is 0 Å². The molecule has 0 spiro atoms. The van der Waals surface area contributed by atoms with Crippen LogP contribution in [0.2, 0.25) is 0 Å². The molecule has 1 aromatic heterocycles. The fourth-order valence-electron chi connectivity index (χ4n) is 1.59. The van der Waals surface area contributed by atoms with Gasteiger partial charge in [-0.1, -0.05) is 32.9 Å². The molecule has 0 saturated heterocycles. The first-order valence-electron chi connectivity index (χ1n) is 5.80. The molecule has 0 N–H and O–H groups in total. The van der Waals surface area contributed by atoms with Crippen LogP contribution in [-0.4, -0.2) is 0 Å². The highest BCUT2D eigenvalue weighted by Gasteiger charge is 2.12. The van der Waals surface area contributed by atoms with Crippen molar-refractivity contribution in [2.75, 3.05) is 0 Å². The summed E-state index contributed by atoms with van der Waals surface area (Å²) in [6.45, 7) is 7.16. The van der Waals surface area contributed by atoms with E-state index in [1.54, 1.807) is 12.5 Å². The first kappa shape index (κ1) is 11.8. The van der Waals surface area contributed by atoms with Crippen molar-refractivity contribution >= 4 is 0 Å². The highest BCUT2D eigenvalue weighted by atomic mass is 16.5. The summed E-state index contributed by atoms with van der Waals surface area (Å²) in [7, 11) is 0. The van der Waals surface area contributed by atoms with Crippen LogP contribution in [0.3, 0.4) is 0 Å². The van der Waals surface area contributed by atoms with Crippen molar-refractivity contribution in [3.63, 3.8) is 0 Å². The van der Waals surface area contributed by atoms with Crippen molar-refractivity contribution < 1.29 is 9.15 Å². The van der Waals surface area contributed by atoms with E-state index >= 15 is 0 Å². The van der Waals surface area contributed by atoms with Crippen molar-refractivity contribution in [2.45, 2.75) is 32.8 Å². The molecule has 2 heteroatoms. The molecule has 0 radical (unpaired) electrons. The third kappa shape index (κ3) is 3.13. The lowest BCUT2D eigenvalue weighted by molar-refractivity contribution is 0.304. The number of hydrogen-bond acceptors (Lipinski definition) is 2. The molecule has 1 aromatic carbocycles. The Labute approximate surface area is 102 Å². The summed E-state index contributed by atoms with van der Waals surface area (Å²) in [6.07, 6.45) is 3.35. The first-order chi connectivity index (χ1) is 8.05. The molecule has 2 rings (SSSR count). The second-order valence-corrected chi connectivity index (χ2v) is 5.19. The third-order valence-corrected chi connectivity index (χ3v) is 2.71. The topological polar surface area (TPSA) is 22.4 Å². The summed E-state index contributed by atoms with van der Waals surface area (Å²) in [5.74, 6) is 0.888. The van der Waals surface area contributed by atoms with E-state index in [1.807, 2.05) is 18.2 Å². The van der Waals surface area contributed by atoms with Gasteiger partial charge in [-0.3, -0.25) is 0 Å². The van der Waals surface area contributed by atoms with E-state index in [0.717, 1.165) is 11.3 Å². The zero-order valence-corrected chi connectivity index (χ0v) is 10.6. The minimum atomic E-state index is 0.184. The summed E-state index contributed by atoms with van der Waals surface area (Å²) in [5, 5.41) is 0. The van der Waals surface area contributed by atoms with Crippen molar-refractivity contribution in [3.05, 3.63) is 54.0 Å².